The van der Waals surface area contributed by atoms with Gasteiger partial charge in [-0.15, -0.1) is 0 Å². The molecule has 1 aromatic carbocycles. The highest BCUT2D eigenvalue weighted by molar-refractivity contribution is 6.03. The number of ketones is 1. The lowest BCUT2D eigenvalue weighted by atomic mass is 9.63. The van der Waals surface area contributed by atoms with Crippen LogP contribution in [0.25, 0.3) is 0 Å². The largest absolute Gasteiger partial charge is 0.481 e. The maximum absolute atomic E-state index is 13.6. The molecule has 0 heterocycles. The monoisotopic (exact) mass is 323 g/mol. The number of hydrogen-bond acceptors (Lipinski definition) is 4. The van der Waals surface area contributed by atoms with E-state index in [-0.39, 0.29) is 29.9 Å². The minimum Gasteiger partial charge on any atom is -0.481 e. The van der Waals surface area contributed by atoms with Crippen molar-refractivity contribution in [2.24, 2.45) is 0 Å². The van der Waals surface area contributed by atoms with Gasteiger partial charge in [0.2, 0.25) is 0 Å². The van der Waals surface area contributed by atoms with Crippen LogP contribution in [0.2, 0.25) is 0 Å². The molecule has 1 aromatic rings. The van der Waals surface area contributed by atoms with Crippen LogP contribution in [0.4, 0.5) is 14.9 Å². The van der Waals surface area contributed by atoms with Crippen LogP contribution in [-0.4, -0.2) is 28.6 Å². The third kappa shape index (κ3) is 3.49. The number of carbonyl (C=O) groups is 3. The Kier molecular flexibility index (Phi) is 4.15. The first-order chi connectivity index (χ1) is 10.5. The van der Waals surface area contributed by atoms with Crippen molar-refractivity contribution in [3.8, 4) is 0 Å². The topological polar surface area (TPSA) is 92.7 Å². The Balaban J connectivity index is 2.37. The van der Waals surface area contributed by atoms with E-state index in [9.17, 15) is 23.9 Å². The number of ether oxygens (including phenoxy) is 1. The molecule has 1 aliphatic carbocycles. The van der Waals surface area contributed by atoms with E-state index in [1.54, 1.807) is 20.8 Å². The summed E-state index contributed by atoms with van der Waals surface area (Å²) in [5.41, 5.74) is -2.06. The highest BCUT2D eigenvalue weighted by Gasteiger charge is 2.53. The lowest BCUT2D eigenvalue weighted by Crippen LogP contribution is -2.48. The van der Waals surface area contributed by atoms with Gasteiger partial charge in [-0.05, 0) is 44.5 Å². The zero-order valence-electron chi connectivity index (χ0n) is 13.1. The third-order valence-electron chi connectivity index (χ3n) is 3.54. The van der Waals surface area contributed by atoms with Gasteiger partial charge in [0.05, 0.1) is 0 Å². The smallest absolute Gasteiger partial charge is 0.412 e. The number of carbonyl (C=O) groups excluding carboxylic acids is 2. The number of carboxylic acid groups (broad SMARTS) is 1. The van der Waals surface area contributed by atoms with Crippen molar-refractivity contribution in [1.82, 2.24) is 0 Å². The first-order valence-corrected chi connectivity index (χ1v) is 7.09. The number of anilines is 1. The van der Waals surface area contributed by atoms with Gasteiger partial charge in [-0.3, -0.25) is 14.9 Å². The van der Waals surface area contributed by atoms with Crippen molar-refractivity contribution in [2.75, 3.05) is 5.32 Å². The minimum atomic E-state index is -1.51. The van der Waals surface area contributed by atoms with Gasteiger partial charge in [-0.2, -0.15) is 0 Å². The lowest BCUT2D eigenvalue weighted by Gasteiger charge is -2.37. The van der Waals surface area contributed by atoms with Crippen molar-refractivity contribution >= 4 is 23.5 Å². The average molecular weight is 323 g/mol. The second-order valence-corrected chi connectivity index (χ2v) is 6.60. The Labute approximate surface area is 132 Å². The predicted molar refractivity (Wildman–Crippen MR) is 79.8 cm³/mol. The van der Waals surface area contributed by atoms with Crippen LogP contribution in [-0.2, 0) is 19.7 Å². The molecule has 0 bridgehead atoms. The Bertz CT molecular complexity index is 670. The number of aliphatic carboxylic acids is 1. The third-order valence-corrected chi connectivity index (χ3v) is 3.54. The molecule has 2 N–H and O–H groups in total. The van der Waals surface area contributed by atoms with E-state index < -0.39 is 28.9 Å². The van der Waals surface area contributed by atoms with E-state index >= 15 is 0 Å². The number of hydrogen-bond donors (Lipinski definition) is 2. The number of nitrogens with one attached hydrogen (secondary N) is 1. The molecule has 1 fully saturated rings. The number of benzene rings is 1. The van der Waals surface area contributed by atoms with E-state index in [2.05, 4.69) is 5.32 Å². The molecule has 1 saturated carbocycles. The number of halogens is 1. The van der Waals surface area contributed by atoms with Gasteiger partial charge in [0.1, 0.15) is 22.6 Å². The highest BCUT2D eigenvalue weighted by atomic mass is 19.1. The van der Waals surface area contributed by atoms with E-state index in [0.29, 0.717) is 0 Å². The van der Waals surface area contributed by atoms with E-state index in [0.717, 1.165) is 12.1 Å². The number of amides is 1. The lowest BCUT2D eigenvalue weighted by molar-refractivity contribution is -0.153. The summed E-state index contributed by atoms with van der Waals surface area (Å²) < 4.78 is 18.7. The van der Waals surface area contributed by atoms with E-state index in [1.165, 1.54) is 6.07 Å². The van der Waals surface area contributed by atoms with E-state index in [4.69, 9.17) is 4.74 Å². The minimum absolute atomic E-state index is 0.0652. The summed E-state index contributed by atoms with van der Waals surface area (Å²) in [6.07, 6.45) is -1.24. The van der Waals surface area contributed by atoms with Crippen LogP contribution in [0, 0.1) is 5.82 Å². The quantitative estimate of drug-likeness (QED) is 0.892. The summed E-state index contributed by atoms with van der Waals surface area (Å²) in [4.78, 5) is 34.8. The van der Waals surface area contributed by atoms with Crippen LogP contribution >= 0.6 is 0 Å². The second-order valence-electron chi connectivity index (χ2n) is 6.60. The first kappa shape index (κ1) is 16.9. The molecule has 1 aliphatic rings. The summed E-state index contributed by atoms with van der Waals surface area (Å²) in [6.45, 7) is 5.05. The van der Waals surface area contributed by atoms with Gasteiger partial charge < -0.3 is 9.84 Å². The van der Waals surface area contributed by atoms with Gasteiger partial charge >= 0.3 is 12.1 Å². The van der Waals surface area contributed by atoms with Gasteiger partial charge in [-0.1, -0.05) is 0 Å². The molecule has 1 amide bonds. The normalized spacial score (nSPS) is 16.4. The maximum Gasteiger partial charge on any atom is 0.412 e. The average Bonchev–Trinajstić information content (AvgIpc) is 2.34. The summed E-state index contributed by atoms with van der Waals surface area (Å²) in [6, 6.07) is 3.40. The first-order valence-electron chi connectivity index (χ1n) is 7.09. The summed E-state index contributed by atoms with van der Waals surface area (Å²) in [5.74, 6) is -2.09. The molecule has 0 atom stereocenters. The molecular weight excluding hydrogens is 305 g/mol. The van der Waals surface area contributed by atoms with Crippen molar-refractivity contribution in [1.29, 1.82) is 0 Å². The number of carboxylic acids is 1. The van der Waals surface area contributed by atoms with Crippen molar-refractivity contribution < 1.29 is 28.6 Å². The van der Waals surface area contributed by atoms with Crippen LogP contribution in [0.3, 0.4) is 0 Å². The fraction of sp³-hybridized carbons (Fsp3) is 0.438. The molecule has 0 spiro atoms. The molecule has 0 aromatic heterocycles. The summed E-state index contributed by atoms with van der Waals surface area (Å²) >= 11 is 0. The van der Waals surface area contributed by atoms with Gasteiger partial charge in [-0.25, -0.2) is 9.18 Å². The van der Waals surface area contributed by atoms with E-state index in [1.807, 2.05) is 0 Å². The Morgan fingerprint density at radius 3 is 2.39 bits per heavy atom. The van der Waals surface area contributed by atoms with Crippen molar-refractivity contribution in [3.05, 3.63) is 29.6 Å². The molecule has 7 heteroatoms. The SMILES string of the molecule is CC(C)(C)OC(=O)Nc1ccc(F)cc1C1(C(=O)O)CC(=O)C1. The predicted octanol–water partition coefficient (Wildman–Crippen LogP) is 2.86. The fourth-order valence-electron chi connectivity index (χ4n) is 2.51. The van der Waals surface area contributed by atoms with Crippen molar-refractivity contribution in [3.63, 3.8) is 0 Å². The molecule has 0 aliphatic heterocycles. The summed E-state index contributed by atoms with van der Waals surface area (Å²) in [5, 5.41) is 11.9. The van der Waals surface area contributed by atoms with Gasteiger partial charge in [0.15, 0.2) is 0 Å². The molecule has 0 unspecified atom stereocenters. The zero-order valence-corrected chi connectivity index (χ0v) is 13.1. The van der Waals surface area contributed by atoms with Crippen LogP contribution in [0.1, 0.15) is 39.2 Å². The van der Waals surface area contributed by atoms with Crippen molar-refractivity contribution in [2.45, 2.75) is 44.6 Å². The Hall–Kier alpha value is -2.44. The molecule has 0 radical (unpaired) electrons. The molecule has 23 heavy (non-hydrogen) atoms. The molecular formula is C16H18FNO5. The molecule has 6 nitrogen and oxygen atoms in total. The molecule has 2 rings (SSSR count). The number of rotatable bonds is 3. The van der Waals surface area contributed by atoms with Gasteiger partial charge in [0.25, 0.3) is 0 Å². The summed E-state index contributed by atoms with van der Waals surface area (Å²) in [7, 11) is 0. The van der Waals surface area contributed by atoms with Crippen LogP contribution in [0.5, 0.6) is 0 Å². The van der Waals surface area contributed by atoms with Gasteiger partial charge in [0, 0.05) is 18.5 Å². The Morgan fingerprint density at radius 2 is 1.91 bits per heavy atom. The maximum atomic E-state index is 13.6. The van der Waals surface area contributed by atoms with Crippen LogP contribution in [0.15, 0.2) is 18.2 Å². The molecule has 124 valence electrons. The zero-order chi connectivity index (χ0) is 17.4. The Morgan fingerprint density at radius 1 is 1.30 bits per heavy atom. The second kappa shape index (κ2) is 5.64. The number of Topliss-reactive ketones (excluding diaryl/α,β-unsaturated/α-hetero) is 1. The molecule has 0 saturated heterocycles. The van der Waals surface area contributed by atoms with Crippen LogP contribution < -0.4 is 5.32 Å². The standard InChI is InChI=1S/C16H18FNO5/c1-15(2,3)23-14(22)18-12-5-4-9(17)6-11(12)16(13(20)21)7-10(19)8-16/h4-6H,7-8H2,1-3H3,(H,18,22)(H,20,21). The highest BCUT2D eigenvalue weighted by Crippen LogP contribution is 2.45. The fourth-order valence-corrected chi connectivity index (χ4v) is 2.51.